The molecule has 0 aliphatic carbocycles. The van der Waals surface area contributed by atoms with Gasteiger partial charge in [-0.1, -0.05) is 19.1 Å². The summed E-state index contributed by atoms with van der Waals surface area (Å²) in [6, 6.07) is 8.01. The number of pyridine rings is 1. The predicted molar refractivity (Wildman–Crippen MR) is 79.7 cm³/mol. The highest BCUT2D eigenvalue weighted by Crippen LogP contribution is 2.26. The number of carbonyl (C=O) groups is 1. The Morgan fingerprint density at radius 1 is 1.29 bits per heavy atom. The van der Waals surface area contributed by atoms with Gasteiger partial charge < -0.3 is 4.74 Å². The fourth-order valence-corrected chi connectivity index (χ4v) is 2.26. The molecule has 0 bridgehead atoms. The lowest BCUT2D eigenvalue weighted by atomic mass is 10.00. The van der Waals surface area contributed by atoms with Gasteiger partial charge in [-0.15, -0.1) is 0 Å². The number of hydrogen-bond donors (Lipinski definition) is 0. The van der Waals surface area contributed by atoms with Crippen molar-refractivity contribution in [3.8, 4) is 11.1 Å². The second kappa shape index (κ2) is 6.48. The monoisotopic (exact) mass is 287 g/mol. The van der Waals surface area contributed by atoms with E-state index in [2.05, 4.69) is 4.98 Å². The number of esters is 1. The Bertz CT molecular complexity index is 668. The van der Waals surface area contributed by atoms with Gasteiger partial charge in [0.25, 0.3) is 0 Å². The second-order valence-electron chi connectivity index (χ2n) is 4.70. The molecule has 3 nitrogen and oxygen atoms in total. The fourth-order valence-electron chi connectivity index (χ4n) is 2.26. The molecule has 21 heavy (non-hydrogen) atoms. The summed E-state index contributed by atoms with van der Waals surface area (Å²) in [5, 5.41) is 0. The maximum absolute atomic E-state index is 13.4. The molecule has 0 spiro atoms. The van der Waals surface area contributed by atoms with Gasteiger partial charge in [0.15, 0.2) is 0 Å². The van der Waals surface area contributed by atoms with E-state index in [9.17, 15) is 9.18 Å². The van der Waals surface area contributed by atoms with Crippen LogP contribution in [0.15, 0.2) is 30.3 Å². The SMILES string of the molecule is CCOC(=O)c1cc(-c2cccc(F)c2)c(C)nc1CC. The maximum atomic E-state index is 13.4. The summed E-state index contributed by atoms with van der Waals surface area (Å²) in [6.07, 6.45) is 0.637. The molecule has 110 valence electrons. The van der Waals surface area contributed by atoms with Crippen molar-refractivity contribution >= 4 is 5.97 Å². The Kier molecular flexibility index (Phi) is 4.68. The molecule has 2 aromatic rings. The van der Waals surface area contributed by atoms with Gasteiger partial charge in [0.2, 0.25) is 0 Å². The zero-order valence-electron chi connectivity index (χ0n) is 12.4. The molecule has 0 N–H and O–H groups in total. The molecular formula is C17H18FNO2. The summed E-state index contributed by atoms with van der Waals surface area (Å²) < 4.78 is 18.5. The normalized spacial score (nSPS) is 10.5. The first-order chi connectivity index (χ1) is 10.1. The van der Waals surface area contributed by atoms with E-state index >= 15 is 0 Å². The number of carbonyl (C=O) groups excluding carboxylic acids is 1. The lowest BCUT2D eigenvalue weighted by Crippen LogP contribution is -2.11. The summed E-state index contributed by atoms with van der Waals surface area (Å²) >= 11 is 0. The van der Waals surface area contributed by atoms with Crippen LogP contribution < -0.4 is 0 Å². The van der Waals surface area contributed by atoms with Gasteiger partial charge in [-0.05, 0) is 44.0 Å². The zero-order valence-corrected chi connectivity index (χ0v) is 12.4. The first kappa shape index (κ1) is 15.2. The van der Waals surface area contributed by atoms with Crippen molar-refractivity contribution < 1.29 is 13.9 Å². The number of ether oxygens (including phenoxy) is 1. The second-order valence-corrected chi connectivity index (χ2v) is 4.70. The Labute approximate surface area is 123 Å². The van der Waals surface area contributed by atoms with Crippen LogP contribution in [0, 0.1) is 12.7 Å². The fraction of sp³-hybridized carbons (Fsp3) is 0.294. The number of halogens is 1. The lowest BCUT2D eigenvalue weighted by Gasteiger charge is -2.12. The topological polar surface area (TPSA) is 39.2 Å². The van der Waals surface area contributed by atoms with E-state index in [0.29, 0.717) is 29.8 Å². The highest BCUT2D eigenvalue weighted by molar-refractivity contribution is 5.92. The molecule has 0 saturated heterocycles. The maximum Gasteiger partial charge on any atom is 0.340 e. The van der Waals surface area contributed by atoms with E-state index in [-0.39, 0.29) is 11.8 Å². The van der Waals surface area contributed by atoms with Gasteiger partial charge in [0.05, 0.1) is 17.9 Å². The summed E-state index contributed by atoms with van der Waals surface area (Å²) in [7, 11) is 0. The summed E-state index contributed by atoms with van der Waals surface area (Å²) in [6.45, 7) is 5.87. The average Bonchev–Trinajstić information content (AvgIpc) is 2.47. The largest absolute Gasteiger partial charge is 0.462 e. The van der Waals surface area contributed by atoms with E-state index in [4.69, 9.17) is 4.74 Å². The first-order valence-corrected chi connectivity index (χ1v) is 7.00. The van der Waals surface area contributed by atoms with Crippen molar-refractivity contribution in [2.24, 2.45) is 0 Å². The highest BCUT2D eigenvalue weighted by Gasteiger charge is 2.16. The van der Waals surface area contributed by atoms with Gasteiger partial charge >= 0.3 is 5.97 Å². The highest BCUT2D eigenvalue weighted by atomic mass is 19.1. The van der Waals surface area contributed by atoms with Crippen molar-refractivity contribution in [2.75, 3.05) is 6.61 Å². The van der Waals surface area contributed by atoms with E-state index in [1.165, 1.54) is 12.1 Å². The standard InChI is InChI=1S/C17H18FNO2/c1-4-16-15(17(20)21-5-2)10-14(11(3)19-16)12-7-6-8-13(18)9-12/h6-10H,4-5H2,1-3H3. The molecule has 0 aliphatic rings. The Balaban J connectivity index is 2.57. The van der Waals surface area contributed by atoms with Gasteiger partial charge in [-0.25, -0.2) is 9.18 Å². The van der Waals surface area contributed by atoms with Crippen LogP contribution in [0.3, 0.4) is 0 Å². The molecule has 0 radical (unpaired) electrons. The number of rotatable bonds is 4. The van der Waals surface area contributed by atoms with Crippen LogP contribution in [-0.4, -0.2) is 17.6 Å². The smallest absolute Gasteiger partial charge is 0.340 e. The lowest BCUT2D eigenvalue weighted by molar-refractivity contribution is 0.0524. The first-order valence-electron chi connectivity index (χ1n) is 7.00. The third-order valence-electron chi connectivity index (χ3n) is 3.26. The van der Waals surface area contributed by atoms with Crippen LogP contribution in [0.1, 0.15) is 35.6 Å². The van der Waals surface area contributed by atoms with Crippen LogP contribution >= 0.6 is 0 Å². The van der Waals surface area contributed by atoms with Crippen LogP contribution in [0.4, 0.5) is 4.39 Å². The minimum Gasteiger partial charge on any atom is -0.462 e. The summed E-state index contributed by atoms with van der Waals surface area (Å²) in [5.41, 5.74) is 3.36. The van der Waals surface area contributed by atoms with E-state index in [1.807, 2.05) is 13.8 Å². The van der Waals surface area contributed by atoms with Crippen molar-refractivity contribution in [2.45, 2.75) is 27.2 Å². The zero-order chi connectivity index (χ0) is 15.4. The minimum atomic E-state index is -0.389. The summed E-state index contributed by atoms with van der Waals surface area (Å²) in [4.78, 5) is 16.5. The van der Waals surface area contributed by atoms with Crippen LogP contribution in [0.2, 0.25) is 0 Å². The molecule has 4 heteroatoms. The third kappa shape index (κ3) is 3.27. The molecule has 0 saturated carbocycles. The van der Waals surface area contributed by atoms with E-state index < -0.39 is 0 Å². The van der Waals surface area contributed by atoms with Crippen molar-refractivity contribution in [1.29, 1.82) is 0 Å². The molecule has 0 unspecified atom stereocenters. The van der Waals surface area contributed by atoms with Crippen molar-refractivity contribution in [3.63, 3.8) is 0 Å². The molecule has 0 aliphatic heterocycles. The molecule has 0 amide bonds. The van der Waals surface area contributed by atoms with E-state index in [1.54, 1.807) is 25.1 Å². The number of hydrogen-bond acceptors (Lipinski definition) is 3. The molecule has 1 aromatic heterocycles. The van der Waals surface area contributed by atoms with Crippen molar-refractivity contribution in [1.82, 2.24) is 4.98 Å². The number of benzene rings is 1. The molecule has 2 rings (SSSR count). The average molecular weight is 287 g/mol. The Morgan fingerprint density at radius 2 is 2.05 bits per heavy atom. The number of aromatic nitrogens is 1. The molecule has 0 atom stereocenters. The molecule has 1 aromatic carbocycles. The van der Waals surface area contributed by atoms with Gasteiger partial charge in [-0.3, -0.25) is 4.98 Å². The van der Waals surface area contributed by atoms with Crippen LogP contribution in [-0.2, 0) is 11.2 Å². The Hall–Kier alpha value is -2.23. The van der Waals surface area contributed by atoms with Crippen LogP contribution in [0.25, 0.3) is 11.1 Å². The molecule has 1 heterocycles. The summed E-state index contributed by atoms with van der Waals surface area (Å²) in [5.74, 6) is -0.705. The number of nitrogens with zero attached hydrogens (tertiary/aromatic N) is 1. The Morgan fingerprint density at radius 3 is 2.67 bits per heavy atom. The van der Waals surface area contributed by atoms with E-state index in [0.717, 1.165) is 11.3 Å². The van der Waals surface area contributed by atoms with Crippen LogP contribution in [0.5, 0.6) is 0 Å². The van der Waals surface area contributed by atoms with Gasteiger partial charge in [0, 0.05) is 11.3 Å². The van der Waals surface area contributed by atoms with Crippen molar-refractivity contribution in [3.05, 3.63) is 53.1 Å². The third-order valence-corrected chi connectivity index (χ3v) is 3.26. The van der Waals surface area contributed by atoms with Gasteiger partial charge in [0.1, 0.15) is 5.82 Å². The molecular weight excluding hydrogens is 269 g/mol. The van der Waals surface area contributed by atoms with Gasteiger partial charge in [-0.2, -0.15) is 0 Å². The quantitative estimate of drug-likeness (QED) is 0.800. The number of aryl methyl sites for hydroxylation is 2. The predicted octanol–water partition coefficient (Wildman–Crippen LogP) is 3.94. The minimum absolute atomic E-state index is 0.311. The molecule has 0 fully saturated rings.